The van der Waals surface area contributed by atoms with Gasteiger partial charge in [-0.25, -0.2) is 8.42 Å². The average molecular weight is 247 g/mol. The summed E-state index contributed by atoms with van der Waals surface area (Å²) < 4.78 is 22.8. The molecule has 0 spiro atoms. The molecule has 0 bridgehead atoms. The van der Waals surface area contributed by atoms with Gasteiger partial charge in [0.05, 0.1) is 11.5 Å². The third-order valence-corrected chi connectivity index (χ3v) is 5.22. The lowest BCUT2D eigenvalue weighted by molar-refractivity contribution is 0.257. The predicted octanol–water partition coefficient (Wildman–Crippen LogP) is 1.69. The van der Waals surface area contributed by atoms with Crippen molar-refractivity contribution >= 4 is 9.84 Å². The highest BCUT2D eigenvalue weighted by Crippen LogP contribution is 2.30. The SMILES string of the molecule is CNCC(CC(C)C)C1CCS(=O)(=O)CC1. The predicted molar refractivity (Wildman–Crippen MR) is 68.2 cm³/mol. The third-order valence-electron chi connectivity index (χ3n) is 3.51. The third kappa shape index (κ3) is 4.42. The standard InChI is InChI=1S/C12H25NO2S/c1-10(2)8-12(9-13-3)11-4-6-16(14,15)7-5-11/h10-13H,4-9H2,1-3H3. The molecule has 0 saturated carbocycles. The first-order chi connectivity index (χ1) is 7.44. The minimum absolute atomic E-state index is 0.399. The van der Waals surface area contributed by atoms with Gasteiger partial charge in [-0.05, 0) is 50.6 Å². The second-order valence-electron chi connectivity index (χ2n) is 5.44. The zero-order valence-corrected chi connectivity index (χ0v) is 11.5. The van der Waals surface area contributed by atoms with E-state index in [0.717, 1.165) is 19.4 Å². The molecule has 1 fully saturated rings. The molecule has 1 heterocycles. The summed E-state index contributed by atoms with van der Waals surface area (Å²) in [5, 5.41) is 3.24. The quantitative estimate of drug-likeness (QED) is 0.804. The Hall–Kier alpha value is -0.0900. The van der Waals surface area contributed by atoms with Crippen molar-refractivity contribution in [2.75, 3.05) is 25.1 Å². The lowest BCUT2D eigenvalue weighted by Crippen LogP contribution is -2.33. The van der Waals surface area contributed by atoms with Crippen molar-refractivity contribution in [3.8, 4) is 0 Å². The minimum atomic E-state index is -2.71. The van der Waals surface area contributed by atoms with E-state index < -0.39 is 9.84 Å². The summed E-state index contributed by atoms with van der Waals surface area (Å²) in [6, 6.07) is 0. The van der Waals surface area contributed by atoms with E-state index in [1.807, 2.05) is 7.05 Å². The van der Waals surface area contributed by atoms with Crippen LogP contribution in [0.1, 0.15) is 33.1 Å². The summed E-state index contributed by atoms with van der Waals surface area (Å²) in [6.07, 6.45) is 2.92. The van der Waals surface area contributed by atoms with Crippen LogP contribution in [0.2, 0.25) is 0 Å². The highest BCUT2D eigenvalue weighted by atomic mass is 32.2. The molecule has 1 N–H and O–H groups in total. The van der Waals surface area contributed by atoms with Crippen molar-refractivity contribution in [3.05, 3.63) is 0 Å². The second-order valence-corrected chi connectivity index (χ2v) is 7.74. The first-order valence-electron chi connectivity index (χ1n) is 6.29. The minimum Gasteiger partial charge on any atom is -0.319 e. The molecule has 0 aromatic heterocycles. The van der Waals surface area contributed by atoms with Crippen molar-refractivity contribution in [2.24, 2.45) is 17.8 Å². The number of hydrogen-bond acceptors (Lipinski definition) is 3. The first kappa shape index (κ1) is 14.0. The first-order valence-corrected chi connectivity index (χ1v) is 8.11. The normalized spacial score (nSPS) is 23.5. The van der Waals surface area contributed by atoms with Crippen LogP contribution in [-0.2, 0) is 9.84 Å². The van der Waals surface area contributed by atoms with Gasteiger partial charge < -0.3 is 5.32 Å². The summed E-state index contributed by atoms with van der Waals surface area (Å²) in [5.41, 5.74) is 0. The van der Waals surface area contributed by atoms with Crippen LogP contribution in [0.4, 0.5) is 0 Å². The maximum Gasteiger partial charge on any atom is 0.150 e. The average Bonchev–Trinajstić information content (AvgIpc) is 2.16. The Labute approximate surface area is 99.9 Å². The fraction of sp³-hybridized carbons (Fsp3) is 1.00. The molecule has 0 radical (unpaired) electrons. The van der Waals surface area contributed by atoms with Gasteiger partial charge in [-0.15, -0.1) is 0 Å². The Bertz CT molecular complexity index is 284. The molecule has 0 aromatic rings. The van der Waals surface area contributed by atoms with Crippen molar-refractivity contribution < 1.29 is 8.42 Å². The van der Waals surface area contributed by atoms with Crippen LogP contribution in [0, 0.1) is 17.8 Å². The van der Waals surface area contributed by atoms with E-state index in [2.05, 4.69) is 19.2 Å². The van der Waals surface area contributed by atoms with Crippen LogP contribution in [0.3, 0.4) is 0 Å². The van der Waals surface area contributed by atoms with Crippen molar-refractivity contribution in [1.29, 1.82) is 0 Å². The number of nitrogens with one attached hydrogen (secondary N) is 1. The van der Waals surface area contributed by atoms with Crippen LogP contribution < -0.4 is 5.32 Å². The Morgan fingerprint density at radius 1 is 1.25 bits per heavy atom. The number of hydrogen-bond donors (Lipinski definition) is 1. The molecule has 1 aliphatic heterocycles. The number of sulfone groups is 1. The van der Waals surface area contributed by atoms with Crippen molar-refractivity contribution in [2.45, 2.75) is 33.1 Å². The highest BCUT2D eigenvalue weighted by Gasteiger charge is 2.29. The van der Waals surface area contributed by atoms with E-state index in [1.54, 1.807) is 0 Å². The maximum atomic E-state index is 11.4. The van der Waals surface area contributed by atoms with Gasteiger partial charge in [0, 0.05) is 0 Å². The van der Waals surface area contributed by atoms with Crippen molar-refractivity contribution in [1.82, 2.24) is 5.32 Å². The monoisotopic (exact) mass is 247 g/mol. The van der Waals surface area contributed by atoms with Gasteiger partial charge in [-0.1, -0.05) is 13.8 Å². The van der Waals surface area contributed by atoms with E-state index in [4.69, 9.17) is 0 Å². The molecule has 96 valence electrons. The van der Waals surface area contributed by atoms with Gasteiger partial charge in [0.15, 0.2) is 0 Å². The number of rotatable bonds is 5. The smallest absolute Gasteiger partial charge is 0.150 e. The van der Waals surface area contributed by atoms with Crippen LogP contribution in [0.15, 0.2) is 0 Å². The van der Waals surface area contributed by atoms with E-state index in [1.165, 1.54) is 6.42 Å². The molecule has 1 atom stereocenters. The van der Waals surface area contributed by atoms with E-state index in [0.29, 0.717) is 29.3 Å². The lowest BCUT2D eigenvalue weighted by atomic mass is 9.82. The summed E-state index contributed by atoms with van der Waals surface area (Å²) >= 11 is 0. The van der Waals surface area contributed by atoms with Gasteiger partial charge in [-0.2, -0.15) is 0 Å². The largest absolute Gasteiger partial charge is 0.319 e. The van der Waals surface area contributed by atoms with Crippen LogP contribution in [-0.4, -0.2) is 33.5 Å². The molecule has 1 unspecified atom stereocenters. The summed E-state index contributed by atoms with van der Waals surface area (Å²) in [5.74, 6) is 2.72. The summed E-state index contributed by atoms with van der Waals surface area (Å²) in [4.78, 5) is 0. The fourth-order valence-corrected chi connectivity index (χ4v) is 4.22. The summed E-state index contributed by atoms with van der Waals surface area (Å²) in [6.45, 7) is 5.49. The topological polar surface area (TPSA) is 46.2 Å². The maximum absolute atomic E-state index is 11.4. The molecule has 1 aliphatic rings. The van der Waals surface area contributed by atoms with Gasteiger partial charge in [0.2, 0.25) is 0 Å². The van der Waals surface area contributed by atoms with Gasteiger partial charge >= 0.3 is 0 Å². The Morgan fingerprint density at radius 2 is 1.81 bits per heavy atom. The van der Waals surface area contributed by atoms with E-state index in [9.17, 15) is 8.42 Å². The van der Waals surface area contributed by atoms with Crippen LogP contribution >= 0.6 is 0 Å². The Kier molecular flexibility index (Phi) is 5.25. The molecule has 0 aromatic carbocycles. The molecule has 3 nitrogen and oxygen atoms in total. The van der Waals surface area contributed by atoms with Crippen LogP contribution in [0.25, 0.3) is 0 Å². The van der Waals surface area contributed by atoms with Crippen molar-refractivity contribution in [3.63, 3.8) is 0 Å². The molecular formula is C12H25NO2S. The zero-order valence-electron chi connectivity index (χ0n) is 10.7. The highest BCUT2D eigenvalue weighted by molar-refractivity contribution is 7.91. The van der Waals surface area contributed by atoms with Gasteiger partial charge in [0.25, 0.3) is 0 Å². The lowest BCUT2D eigenvalue weighted by Gasteiger charge is -2.31. The van der Waals surface area contributed by atoms with E-state index >= 15 is 0 Å². The molecule has 1 rings (SSSR count). The summed E-state index contributed by atoms with van der Waals surface area (Å²) in [7, 11) is -0.734. The molecule has 0 aliphatic carbocycles. The fourth-order valence-electron chi connectivity index (χ4n) is 2.69. The van der Waals surface area contributed by atoms with Gasteiger partial charge in [-0.3, -0.25) is 0 Å². The Morgan fingerprint density at radius 3 is 2.25 bits per heavy atom. The Balaban J connectivity index is 2.52. The second kappa shape index (κ2) is 6.01. The molecular weight excluding hydrogens is 222 g/mol. The molecule has 16 heavy (non-hydrogen) atoms. The van der Waals surface area contributed by atoms with E-state index in [-0.39, 0.29) is 0 Å². The zero-order chi connectivity index (χ0) is 12.2. The molecule has 4 heteroatoms. The van der Waals surface area contributed by atoms with Crippen LogP contribution in [0.5, 0.6) is 0 Å². The molecule has 1 saturated heterocycles. The van der Waals surface area contributed by atoms with Gasteiger partial charge in [0.1, 0.15) is 9.84 Å². The molecule has 0 amide bonds.